The van der Waals surface area contributed by atoms with Crippen LogP contribution in [-0.2, 0) is 6.42 Å². The van der Waals surface area contributed by atoms with Crippen LogP contribution >= 0.6 is 11.3 Å². The van der Waals surface area contributed by atoms with Crippen molar-refractivity contribution in [3.05, 3.63) is 22.4 Å². The van der Waals surface area contributed by atoms with Crippen LogP contribution in [-0.4, -0.2) is 37.6 Å². The molecule has 0 spiro atoms. The Morgan fingerprint density at radius 3 is 2.76 bits per heavy atom. The van der Waals surface area contributed by atoms with Gasteiger partial charge in [0.2, 0.25) is 0 Å². The third-order valence-corrected chi connectivity index (χ3v) is 4.92. The van der Waals surface area contributed by atoms with E-state index in [0.29, 0.717) is 6.04 Å². The molecular formula is C14H24N2S. The fraction of sp³-hybridized carbons (Fsp3) is 0.714. The molecule has 0 aromatic carbocycles. The molecule has 3 heteroatoms. The summed E-state index contributed by atoms with van der Waals surface area (Å²) in [6, 6.07) is 5.04. The minimum absolute atomic E-state index is 0.643. The van der Waals surface area contributed by atoms with Crippen LogP contribution < -0.4 is 5.32 Å². The van der Waals surface area contributed by atoms with Crippen molar-refractivity contribution in [1.29, 1.82) is 0 Å². The summed E-state index contributed by atoms with van der Waals surface area (Å²) in [5.74, 6) is 1.71. The van der Waals surface area contributed by atoms with E-state index in [1.54, 1.807) is 0 Å². The van der Waals surface area contributed by atoms with E-state index in [0.717, 1.165) is 11.8 Å². The van der Waals surface area contributed by atoms with E-state index >= 15 is 0 Å². The van der Waals surface area contributed by atoms with Gasteiger partial charge < -0.3 is 10.2 Å². The zero-order valence-corrected chi connectivity index (χ0v) is 12.0. The second kappa shape index (κ2) is 5.98. The Morgan fingerprint density at radius 1 is 1.47 bits per heavy atom. The molecule has 1 aliphatic rings. The molecule has 2 heterocycles. The predicted octanol–water partition coefficient (Wildman–Crippen LogP) is 2.47. The summed E-state index contributed by atoms with van der Waals surface area (Å²) >= 11 is 1.87. The highest BCUT2D eigenvalue weighted by Crippen LogP contribution is 2.19. The summed E-state index contributed by atoms with van der Waals surface area (Å²) in [7, 11) is 2.26. The number of thiophene rings is 1. The molecule has 2 rings (SSSR count). The van der Waals surface area contributed by atoms with Crippen LogP contribution in [0.4, 0.5) is 0 Å². The lowest BCUT2D eigenvalue weighted by atomic mass is 9.88. The standard InChI is InChI=1S/C14H24N2S/c1-11(13-8-15-9-13)10-16(3)12(2)7-14-5-4-6-17-14/h4-6,11-13,15H,7-10H2,1-3H3. The van der Waals surface area contributed by atoms with Crippen molar-refractivity contribution in [2.45, 2.75) is 26.3 Å². The van der Waals surface area contributed by atoms with Crippen molar-refractivity contribution >= 4 is 11.3 Å². The maximum Gasteiger partial charge on any atom is 0.0112 e. The second-order valence-electron chi connectivity index (χ2n) is 5.47. The molecule has 1 fully saturated rings. The van der Waals surface area contributed by atoms with E-state index in [1.807, 2.05) is 11.3 Å². The lowest BCUT2D eigenvalue weighted by Crippen LogP contribution is -2.48. The van der Waals surface area contributed by atoms with Gasteiger partial charge in [-0.05, 0) is 56.8 Å². The van der Waals surface area contributed by atoms with Crippen molar-refractivity contribution in [3.8, 4) is 0 Å². The maximum absolute atomic E-state index is 3.36. The summed E-state index contributed by atoms with van der Waals surface area (Å²) in [6.07, 6.45) is 1.18. The topological polar surface area (TPSA) is 15.3 Å². The molecule has 0 bridgehead atoms. The Bertz CT molecular complexity index is 319. The van der Waals surface area contributed by atoms with Gasteiger partial charge in [0.1, 0.15) is 0 Å². The van der Waals surface area contributed by atoms with Gasteiger partial charge in [-0.1, -0.05) is 13.0 Å². The predicted molar refractivity (Wildman–Crippen MR) is 75.6 cm³/mol. The van der Waals surface area contributed by atoms with Gasteiger partial charge in [-0.2, -0.15) is 0 Å². The highest BCUT2D eigenvalue weighted by molar-refractivity contribution is 7.09. The van der Waals surface area contributed by atoms with Gasteiger partial charge in [-0.3, -0.25) is 0 Å². The first-order valence-corrected chi connectivity index (χ1v) is 7.48. The molecule has 1 N–H and O–H groups in total. The van der Waals surface area contributed by atoms with E-state index in [-0.39, 0.29) is 0 Å². The average Bonchev–Trinajstić information content (AvgIpc) is 2.67. The fourth-order valence-corrected chi connectivity index (χ4v) is 3.20. The summed E-state index contributed by atoms with van der Waals surface area (Å²) in [5.41, 5.74) is 0. The van der Waals surface area contributed by atoms with E-state index in [2.05, 4.69) is 48.6 Å². The first-order chi connectivity index (χ1) is 8.16. The van der Waals surface area contributed by atoms with Crippen LogP contribution in [0.15, 0.2) is 17.5 Å². The Hall–Kier alpha value is -0.380. The van der Waals surface area contributed by atoms with Gasteiger partial charge in [-0.15, -0.1) is 11.3 Å². The van der Waals surface area contributed by atoms with Crippen LogP contribution in [0.5, 0.6) is 0 Å². The monoisotopic (exact) mass is 252 g/mol. The van der Waals surface area contributed by atoms with Crippen molar-refractivity contribution in [1.82, 2.24) is 10.2 Å². The molecule has 1 aromatic rings. The summed E-state index contributed by atoms with van der Waals surface area (Å²) < 4.78 is 0. The minimum Gasteiger partial charge on any atom is -0.316 e. The Kier molecular flexibility index (Phi) is 4.60. The molecule has 0 aliphatic carbocycles. The van der Waals surface area contributed by atoms with E-state index in [9.17, 15) is 0 Å². The molecule has 17 heavy (non-hydrogen) atoms. The van der Waals surface area contributed by atoms with Gasteiger partial charge >= 0.3 is 0 Å². The number of likely N-dealkylation sites (N-methyl/N-ethyl adjacent to an activating group) is 1. The Balaban J connectivity index is 1.76. The molecule has 96 valence electrons. The molecule has 2 nitrogen and oxygen atoms in total. The van der Waals surface area contributed by atoms with Crippen LogP contribution in [0.25, 0.3) is 0 Å². The molecule has 0 saturated carbocycles. The van der Waals surface area contributed by atoms with E-state index in [4.69, 9.17) is 0 Å². The highest BCUT2D eigenvalue weighted by Gasteiger charge is 2.25. The van der Waals surface area contributed by atoms with Gasteiger partial charge in [0.05, 0.1) is 0 Å². The van der Waals surface area contributed by atoms with Gasteiger partial charge in [-0.25, -0.2) is 0 Å². The fourth-order valence-electron chi connectivity index (χ4n) is 2.37. The van der Waals surface area contributed by atoms with Gasteiger partial charge in [0.25, 0.3) is 0 Å². The largest absolute Gasteiger partial charge is 0.316 e. The molecule has 0 amide bonds. The minimum atomic E-state index is 0.643. The molecular weight excluding hydrogens is 228 g/mol. The zero-order valence-electron chi connectivity index (χ0n) is 11.1. The SMILES string of the molecule is CC(CN(C)C(C)Cc1cccs1)C1CNC1. The van der Waals surface area contributed by atoms with Crippen molar-refractivity contribution in [3.63, 3.8) is 0 Å². The summed E-state index contributed by atoms with van der Waals surface area (Å²) in [5, 5.41) is 5.54. The molecule has 2 unspecified atom stereocenters. The molecule has 1 aliphatic heterocycles. The van der Waals surface area contributed by atoms with Gasteiger partial charge in [0.15, 0.2) is 0 Å². The van der Waals surface area contributed by atoms with Crippen LogP contribution in [0.3, 0.4) is 0 Å². The Morgan fingerprint density at radius 2 is 2.24 bits per heavy atom. The molecule has 0 radical (unpaired) electrons. The summed E-state index contributed by atoms with van der Waals surface area (Å²) in [6.45, 7) is 8.38. The number of nitrogens with zero attached hydrogens (tertiary/aromatic N) is 1. The first-order valence-electron chi connectivity index (χ1n) is 6.60. The number of rotatable bonds is 6. The maximum atomic E-state index is 3.36. The third kappa shape index (κ3) is 3.54. The lowest BCUT2D eigenvalue weighted by molar-refractivity contribution is 0.159. The first kappa shape index (κ1) is 13.1. The summed E-state index contributed by atoms with van der Waals surface area (Å²) in [4.78, 5) is 4.02. The molecule has 1 aromatic heterocycles. The number of nitrogens with one attached hydrogen (secondary N) is 1. The second-order valence-corrected chi connectivity index (χ2v) is 6.50. The Labute approximate surface area is 109 Å². The number of hydrogen-bond acceptors (Lipinski definition) is 3. The van der Waals surface area contributed by atoms with Gasteiger partial charge in [0, 0.05) is 17.5 Å². The highest BCUT2D eigenvalue weighted by atomic mass is 32.1. The molecule has 2 atom stereocenters. The smallest absolute Gasteiger partial charge is 0.0112 e. The van der Waals surface area contributed by atoms with Crippen LogP contribution in [0, 0.1) is 11.8 Å². The number of hydrogen-bond donors (Lipinski definition) is 1. The van der Waals surface area contributed by atoms with Crippen molar-refractivity contribution in [2.24, 2.45) is 11.8 Å². The van der Waals surface area contributed by atoms with Crippen molar-refractivity contribution < 1.29 is 0 Å². The molecule has 1 saturated heterocycles. The zero-order chi connectivity index (χ0) is 12.3. The average molecular weight is 252 g/mol. The quantitative estimate of drug-likeness (QED) is 0.837. The third-order valence-electron chi connectivity index (χ3n) is 4.02. The normalized spacial score (nSPS) is 20.2. The van der Waals surface area contributed by atoms with Crippen LogP contribution in [0.2, 0.25) is 0 Å². The van der Waals surface area contributed by atoms with Crippen molar-refractivity contribution in [2.75, 3.05) is 26.7 Å². The lowest BCUT2D eigenvalue weighted by Gasteiger charge is -2.36. The van der Waals surface area contributed by atoms with E-state index < -0.39 is 0 Å². The van der Waals surface area contributed by atoms with E-state index in [1.165, 1.54) is 30.9 Å². The van der Waals surface area contributed by atoms with Crippen LogP contribution in [0.1, 0.15) is 18.7 Å².